The van der Waals surface area contributed by atoms with Crippen LogP contribution in [0.4, 0.5) is 0 Å². The molecule has 0 unspecified atom stereocenters. The lowest BCUT2D eigenvalue weighted by Gasteiger charge is -2.35. The summed E-state index contributed by atoms with van der Waals surface area (Å²) in [4.78, 5) is 14.0. The molecule has 0 radical (unpaired) electrons. The van der Waals surface area contributed by atoms with Gasteiger partial charge in [0.2, 0.25) is 5.91 Å². The molecule has 3 heteroatoms. The maximum Gasteiger partial charge on any atom is 0.223 e. The lowest BCUT2D eigenvalue weighted by Crippen LogP contribution is -2.39. The van der Waals surface area contributed by atoms with E-state index in [0.717, 1.165) is 26.0 Å². The Hall–Kier alpha value is -1.01. The predicted octanol–water partition coefficient (Wildman–Crippen LogP) is 2.06. The molecular weight excluding hydrogens is 226 g/mol. The van der Waals surface area contributed by atoms with Gasteiger partial charge in [-0.25, -0.2) is 0 Å². The lowest BCUT2D eigenvalue weighted by molar-refractivity contribution is -0.134. The van der Waals surface area contributed by atoms with Crippen molar-refractivity contribution in [3.05, 3.63) is 0 Å². The average Bonchev–Trinajstić information content (AvgIpc) is 3.09. The van der Waals surface area contributed by atoms with Gasteiger partial charge in [0.25, 0.3) is 0 Å². The fraction of sp³-hybridized carbons (Fsp3) is 0.800. The maximum atomic E-state index is 12.2. The molecule has 2 aliphatic rings. The Kier molecular flexibility index (Phi) is 4.66. The van der Waals surface area contributed by atoms with Gasteiger partial charge in [-0.05, 0) is 44.4 Å². The van der Waals surface area contributed by atoms with Gasteiger partial charge in [0.1, 0.15) is 0 Å². The molecule has 0 saturated heterocycles. The number of carbonyl (C=O) groups is 1. The third-order valence-corrected chi connectivity index (χ3v) is 3.87. The lowest BCUT2D eigenvalue weighted by atomic mass is 9.79. The highest BCUT2D eigenvalue weighted by Gasteiger charge is 2.33. The summed E-state index contributed by atoms with van der Waals surface area (Å²) >= 11 is 0. The van der Waals surface area contributed by atoms with Gasteiger partial charge in [0.15, 0.2) is 0 Å². The van der Waals surface area contributed by atoms with Gasteiger partial charge in [-0.3, -0.25) is 4.79 Å². The molecule has 1 amide bonds. The smallest absolute Gasteiger partial charge is 0.223 e. The number of ether oxygens (including phenoxy) is 1. The van der Waals surface area contributed by atoms with Gasteiger partial charge in [-0.1, -0.05) is 5.92 Å². The maximum absolute atomic E-state index is 12.2. The minimum atomic E-state index is 0.236. The van der Waals surface area contributed by atoms with Crippen LogP contribution >= 0.6 is 0 Å². The number of terminal acetylenes is 1. The van der Waals surface area contributed by atoms with E-state index in [-0.39, 0.29) is 5.91 Å². The van der Waals surface area contributed by atoms with E-state index >= 15 is 0 Å². The molecule has 3 nitrogen and oxygen atoms in total. The first-order chi connectivity index (χ1) is 8.72. The van der Waals surface area contributed by atoms with E-state index in [4.69, 9.17) is 11.2 Å². The molecule has 0 aromatic carbocycles. The molecule has 0 aromatic heterocycles. The highest BCUT2D eigenvalue weighted by Crippen LogP contribution is 2.34. The number of hydrogen-bond acceptors (Lipinski definition) is 2. The first-order valence-corrected chi connectivity index (χ1v) is 7.05. The largest absolute Gasteiger partial charge is 0.378 e. The Morgan fingerprint density at radius 2 is 2.11 bits per heavy atom. The van der Waals surface area contributed by atoms with Crippen molar-refractivity contribution in [3.8, 4) is 12.3 Å². The summed E-state index contributed by atoms with van der Waals surface area (Å²) in [6.07, 6.45) is 11.0. The Labute approximate surface area is 110 Å². The summed E-state index contributed by atoms with van der Waals surface area (Å²) in [5.41, 5.74) is 0. The van der Waals surface area contributed by atoms with E-state index in [9.17, 15) is 4.79 Å². The summed E-state index contributed by atoms with van der Waals surface area (Å²) in [7, 11) is 0. The minimum absolute atomic E-state index is 0.236. The standard InChI is InChI=1S/C15H23NO2/c1-3-7-16(11-12-5-6-12)15(17)10-13-8-14(9-13)18-4-2/h1,12-14H,4-11H2,2H3. The first-order valence-electron chi connectivity index (χ1n) is 7.05. The second-order valence-electron chi connectivity index (χ2n) is 5.54. The van der Waals surface area contributed by atoms with E-state index in [1.807, 2.05) is 11.8 Å². The van der Waals surface area contributed by atoms with E-state index in [1.165, 1.54) is 12.8 Å². The van der Waals surface area contributed by atoms with Gasteiger partial charge >= 0.3 is 0 Å². The Balaban J connectivity index is 1.70. The fourth-order valence-electron chi connectivity index (χ4n) is 2.57. The zero-order valence-corrected chi connectivity index (χ0v) is 11.2. The molecule has 0 atom stereocenters. The SMILES string of the molecule is C#CCN(CC1CC1)C(=O)CC1CC(OCC)C1. The summed E-state index contributed by atoms with van der Waals surface area (Å²) < 4.78 is 5.51. The molecule has 0 heterocycles. The molecule has 2 saturated carbocycles. The molecule has 0 spiro atoms. The van der Waals surface area contributed by atoms with Crippen LogP contribution in [0.1, 0.15) is 39.0 Å². The van der Waals surface area contributed by atoms with Gasteiger partial charge in [0.05, 0.1) is 12.6 Å². The number of hydrogen-bond donors (Lipinski definition) is 0. The van der Waals surface area contributed by atoms with Crippen LogP contribution in [-0.2, 0) is 9.53 Å². The summed E-state index contributed by atoms with van der Waals surface area (Å²) in [6.45, 7) is 4.13. The normalized spacial score (nSPS) is 26.2. The monoisotopic (exact) mass is 249 g/mol. The minimum Gasteiger partial charge on any atom is -0.378 e. The van der Waals surface area contributed by atoms with Crippen molar-refractivity contribution in [3.63, 3.8) is 0 Å². The van der Waals surface area contributed by atoms with Crippen LogP contribution in [0, 0.1) is 24.2 Å². The van der Waals surface area contributed by atoms with Crippen molar-refractivity contribution < 1.29 is 9.53 Å². The van der Waals surface area contributed by atoms with Crippen molar-refractivity contribution in [2.24, 2.45) is 11.8 Å². The molecule has 2 aliphatic carbocycles. The van der Waals surface area contributed by atoms with E-state index < -0.39 is 0 Å². The van der Waals surface area contributed by atoms with Gasteiger partial charge in [0, 0.05) is 19.6 Å². The predicted molar refractivity (Wildman–Crippen MR) is 70.9 cm³/mol. The topological polar surface area (TPSA) is 29.5 Å². The molecule has 2 rings (SSSR count). The Bertz CT molecular complexity index is 324. The van der Waals surface area contributed by atoms with Crippen LogP contribution in [0.2, 0.25) is 0 Å². The number of nitrogens with zero attached hydrogens (tertiary/aromatic N) is 1. The molecule has 18 heavy (non-hydrogen) atoms. The van der Waals surface area contributed by atoms with Crippen LogP contribution in [0.25, 0.3) is 0 Å². The number of amides is 1. The van der Waals surface area contributed by atoms with Gasteiger partial charge in [-0.2, -0.15) is 0 Å². The van der Waals surface area contributed by atoms with Crippen molar-refractivity contribution in [1.29, 1.82) is 0 Å². The van der Waals surface area contributed by atoms with Crippen LogP contribution < -0.4 is 0 Å². The van der Waals surface area contributed by atoms with E-state index in [2.05, 4.69) is 5.92 Å². The zero-order valence-electron chi connectivity index (χ0n) is 11.2. The van der Waals surface area contributed by atoms with Crippen molar-refractivity contribution in [2.45, 2.75) is 45.1 Å². The summed E-state index contributed by atoms with van der Waals surface area (Å²) in [6, 6.07) is 0. The van der Waals surface area contributed by atoms with E-state index in [0.29, 0.717) is 30.9 Å². The molecule has 0 bridgehead atoms. The van der Waals surface area contributed by atoms with Crippen LogP contribution in [-0.4, -0.2) is 36.6 Å². The molecule has 0 aliphatic heterocycles. The van der Waals surface area contributed by atoms with Crippen molar-refractivity contribution >= 4 is 5.91 Å². The first kappa shape index (κ1) is 13.4. The molecular formula is C15H23NO2. The van der Waals surface area contributed by atoms with Crippen LogP contribution in [0.15, 0.2) is 0 Å². The van der Waals surface area contributed by atoms with Crippen LogP contribution in [0.3, 0.4) is 0 Å². The van der Waals surface area contributed by atoms with Crippen LogP contribution in [0.5, 0.6) is 0 Å². The van der Waals surface area contributed by atoms with E-state index in [1.54, 1.807) is 0 Å². The molecule has 100 valence electrons. The average molecular weight is 249 g/mol. The second kappa shape index (κ2) is 6.24. The third-order valence-electron chi connectivity index (χ3n) is 3.87. The molecule has 2 fully saturated rings. The number of carbonyl (C=O) groups excluding carboxylic acids is 1. The third kappa shape index (κ3) is 3.74. The van der Waals surface area contributed by atoms with Gasteiger partial charge in [-0.15, -0.1) is 6.42 Å². The quantitative estimate of drug-likeness (QED) is 0.646. The summed E-state index contributed by atoms with van der Waals surface area (Å²) in [5.74, 6) is 4.05. The number of rotatable bonds is 7. The summed E-state index contributed by atoms with van der Waals surface area (Å²) in [5, 5.41) is 0. The fourth-order valence-corrected chi connectivity index (χ4v) is 2.57. The van der Waals surface area contributed by atoms with Crippen molar-refractivity contribution in [1.82, 2.24) is 4.90 Å². The van der Waals surface area contributed by atoms with Crippen molar-refractivity contribution in [2.75, 3.05) is 19.7 Å². The zero-order chi connectivity index (χ0) is 13.0. The molecule has 0 N–H and O–H groups in total. The second-order valence-corrected chi connectivity index (χ2v) is 5.54. The molecule has 0 aromatic rings. The highest BCUT2D eigenvalue weighted by atomic mass is 16.5. The Morgan fingerprint density at radius 1 is 1.39 bits per heavy atom. The Morgan fingerprint density at radius 3 is 2.67 bits per heavy atom. The highest BCUT2D eigenvalue weighted by molar-refractivity contribution is 5.77. The van der Waals surface area contributed by atoms with Gasteiger partial charge < -0.3 is 9.64 Å².